The minimum atomic E-state index is -0.251. The number of fused-ring (bicyclic) bond motifs is 1. The molecule has 0 saturated carbocycles. The molecule has 2 amide bonds. The first-order chi connectivity index (χ1) is 15.0. The van der Waals surface area contributed by atoms with E-state index in [0.717, 1.165) is 20.1 Å². The van der Waals surface area contributed by atoms with E-state index in [0.29, 0.717) is 36.5 Å². The Hall–Kier alpha value is -2.64. The van der Waals surface area contributed by atoms with E-state index in [9.17, 15) is 9.59 Å². The van der Waals surface area contributed by atoms with Crippen molar-refractivity contribution in [1.29, 1.82) is 0 Å². The first-order valence-corrected chi connectivity index (χ1v) is 11.4. The zero-order valence-electron chi connectivity index (χ0n) is 16.6. The van der Waals surface area contributed by atoms with Gasteiger partial charge in [0.1, 0.15) is 5.75 Å². The normalized spacial score (nSPS) is 13.0. The van der Waals surface area contributed by atoms with Crippen molar-refractivity contribution in [1.82, 2.24) is 4.90 Å². The second kappa shape index (κ2) is 9.66. The lowest BCUT2D eigenvalue weighted by molar-refractivity contribution is -0.118. The van der Waals surface area contributed by atoms with Crippen molar-refractivity contribution in [3.8, 4) is 5.75 Å². The van der Waals surface area contributed by atoms with Crippen LogP contribution in [-0.4, -0.2) is 29.9 Å². The number of anilines is 1. The van der Waals surface area contributed by atoms with E-state index in [1.807, 2.05) is 65.6 Å². The fourth-order valence-corrected chi connectivity index (χ4v) is 4.04. The van der Waals surface area contributed by atoms with Crippen LogP contribution < -0.4 is 10.1 Å². The Morgan fingerprint density at radius 1 is 0.968 bits per heavy atom. The van der Waals surface area contributed by atoms with Gasteiger partial charge in [-0.3, -0.25) is 9.59 Å². The SMILES string of the molecule is O=C(COc1cccc2c1CCN(Cc1ccc(Br)cc1)C2=O)Nc1ccc(Br)cc1. The van der Waals surface area contributed by atoms with E-state index < -0.39 is 0 Å². The summed E-state index contributed by atoms with van der Waals surface area (Å²) < 4.78 is 7.73. The first kappa shape index (κ1) is 21.6. The third kappa shape index (κ3) is 5.35. The molecule has 31 heavy (non-hydrogen) atoms. The van der Waals surface area contributed by atoms with Crippen molar-refractivity contribution >= 4 is 49.4 Å². The van der Waals surface area contributed by atoms with E-state index in [2.05, 4.69) is 37.2 Å². The maximum atomic E-state index is 13.0. The van der Waals surface area contributed by atoms with Crippen LogP contribution in [-0.2, 0) is 17.8 Å². The molecule has 0 aromatic heterocycles. The van der Waals surface area contributed by atoms with Gasteiger partial charge in [0, 0.05) is 38.8 Å². The maximum Gasteiger partial charge on any atom is 0.262 e. The fraction of sp³-hybridized carbons (Fsp3) is 0.167. The molecule has 3 aromatic carbocycles. The quantitative estimate of drug-likeness (QED) is 0.451. The van der Waals surface area contributed by atoms with Crippen molar-refractivity contribution in [3.05, 3.63) is 92.4 Å². The molecule has 4 rings (SSSR count). The summed E-state index contributed by atoms with van der Waals surface area (Å²) in [6.07, 6.45) is 0.683. The molecule has 1 heterocycles. The molecule has 0 spiro atoms. The molecule has 7 heteroatoms. The number of ether oxygens (including phenoxy) is 1. The summed E-state index contributed by atoms with van der Waals surface area (Å²) in [7, 11) is 0. The molecule has 0 radical (unpaired) electrons. The fourth-order valence-electron chi connectivity index (χ4n) is 3.51. The highest BCUT2D eigenvalue weighted by atomic mass is 79.9. The van der Waals surface area contributed by atoms with Gasteiger partial charge < -0.3 is 15.0 Å². The average molecular weight is 544 g/mol. The Balaban J connectivity index is 1.41. The van der Waals surface area contributed by atoms with Gasteiger partial charge in [-0.1, -0.05) is 50.1 Å². The molecule has 0 unspecified atom stereocenters. The molecule has 0 fully saturated rings. The zero-order valence-corrected chi connectivity index (χ0v) is 19.8. The van der Waals surface area contributed by atoms with Crippen molar-refractivity contribution in [2.24, 2.45) is 0 Å². The van der Waals surface area contributed by atoms with E-state index in [4.69, 9.17) is 4.74 Å². The predicted molar refractivity (Wildman–Crippen MR) is 127 cm³/mol. The number of amides is 2. The number of nitrogens with zero attached hydrogens (tertiary/aromatic N) is 1. The number of carbonyl (C=O) groups is 2. The van der Waals surface area contributed by atoms with Crippen molar-refractivity contribution < 1.29 is 14.3 Å². The number of hydrogen-bond donors (Lipinski definition) is 1. The van der Waals surface area contributed by atoms with Crippen LogP contribution in [0.4, 0.5) is 5.69 Å². The van der Waals surface area contributed by atoms with Crippen LogP contribution in [0, 0.1) is 0 Å². The van der Waals surface area contributed by atoms with Gasteiger partial charge in [0.15, 0.2) is 6.61 Å². The van der Waals surface area contributed by atoms with Crippen LogP contribution in [0.3, 0.4) is 0 Å². The molecule has 3 aromatic rings. The molecule has 1 aliphatic heterocycles. The average Bonchev–Trinajstić information content (AvgIpc) is 2.77. The number of carbonyl (C=O) groups excluding carboxylic acids is 2. The Kier molecular flexibility index (Phi) is 6.73. The molecule has 0 bridgehead atoms. The maximum absolute atomic E-state index is 13.0. The number of hydrogen-bond acceptors (Lipinski definition) is 3. The van der Waals surface area contributed by atoms with E-state index >= 15 is 0 Å². The monoisotopic (exact) mass is 542 g/mol. The van der Waals surface area contributed by atoms with E-state index in [1.54, 1.807) is 6.07 Å². The van der Waals surface area contributed by atoms with Crippen LogP contribution >= 0.6 is 31.9 Å². The summed E-state index contributed by atoms with van der Waals surface area (Å²) in [5.41, 5.74) is 3.27. The largest absolute Gasteiger partial charge is 0.483 e. The van der Waals surface area contributed by atoms with E-state index in [-0.39, 0.29) is 18.4 Å². The molecular formula is C24H20Br2N2O3. The number of nitrogens with one attached hydrogen (secondary N) is 1. The summed E-state index contributed by atoms with van der Waals surface area (Å²) >= 11 is 6.80. The molecule has 1 N–H and O–H groups in total. The lowest BCUT2D eigenvalue weighted by Crippen LogP contribution is -2.37. The van der Waals surface area contributed by atoms with Gasteiger partial charge in [0.05, 0.1) is 0 Å². The summed E-state index contributed by atoms with van der Waals surface area (Å²) in [5.74, 6) is 0.313. The molecule has 1 aliphatic rings. The zero-order chi connectivity index (χ0) is 21.8. The summed E-state index contributed by atoms with van der Waals surface area (Å²) in [4.78, 5) is 27.1. The lowest BCUT2D eigenvalue weighted by atomic mass is 9.97. The highest BCUT2D eigenvalue weighted by Crippen LogP contribution is 2.29. The summed E-state index contributed by atoms with van der Waals surface area (Å²) in [5, 5.41) is 2.80. The first-order valence-electron chi connectivity index (χ1n) is 9.83. The predicted octanol–water partition coefficient (Wildman–Crippen LogP) is 5.43. The smallest absolute Gasteiger partial charge is 0.262 e. The second-order valence-corrected chi connectivity index (χ2v) is 9.06. The number of benzene rings is 3. The lowest BCUT2D eigenvalue weighted by Gasteiger charge is -2.29. The molecule has 5 nitrogen and oxygen atoms in total. The Bertz CT molecular complexity index is 1100. The van der Waals surface area contributed by atoms with Crippen LogP contribution in [0.2, 0.25) is 0 Å². The highest BCUT2D eigenvalue weighted by molar-refractivity contribution is 9.10. The number of rotatable bonds is 6. The van der Waals surface area contributed by atoms with E-state index in [1.165, 1.54) is 0 Å². The topological polar surface area (TPSA) is 58.6 Å². The Morgan fingerprint density at radius 2 is 1.65 bits per heavy atom. The summed E-state index contributed by atoms with van der Waals surface area (Å²) in [6.45, 7) is 1.04. The van der Waals surface area contributed by atoms with Crippen LogP contribution in [0.1, 0.15) is 21.5 Å². The second-order valence-electron chi connectivity index (χ2n) is 7.23. The third-order valence-corrected chi connectivity index (χ3v) is 6.11. The molecule has 158 valence electrons. The van der Waals surface area contributed by atoms with Crippen LogP contribution in [0.15, 0.2) is 75.7 Å². The van der Waals surface area contributed by atoms with Gasteiger partial charge in [-0.2, -0.15) is 0 Å². The molecule has 0 saturated heterocycles. The van der Waals surface area contributed by atoms with Gasteiger partial charge in [-0.15, -0.1) is 0 Å². The minimum Gasteiger partial charge on any atom is -0.483 e. The van der Waals surface area contributed by atoms with Gasteiger partial charge in [-0.25, -0.2) is 0 Å². The van der Waals surface area contributed by atoms with Crippen LogP contribution in [0.5, 0.6) is 5.75 Å². The van der Waals surface area contributed by atoms with Gasteiger partial charge in [0.2, 0.25) is 0 Å². The highest BCUT2D eigenvalue weighted by Gasteiger charge is 2.26. The molecule has 0 atom stereocenters. The van der Waals surface area contributed by atoms with Gasteiger partial charge in [0.25, 0.3) is 11.8 Å². The van der Waals surface area contributed by atoms with Crippen molar-refractivity contribution in [3.63, 3.8) is 0 Å². The standard InChI is InChI=1S/C24H20Br2N2O3/c25-17-6-4-16(5-7-17)14-28-13-12-20-21(24(28)30)2-1-3-22(20)31-15-23(29)27-19-10-8-18(26)9-11-19/h1-11H,12-15H2,(H,27,29). The summed E-state index contributed by atoms with van der Waals surface area (Å²) in [6, 6.07) is 20.7. The molecule has 0 aliphatic carbocycles. The van der Waals surface area contributed by atoms with Crippen LogP contribution in [0.25, 0.3) is 0 Å². The minimum absolute atomic E-state index is 0.0195. The Labute approximate surface area is 197 Å². The number of halogens is 2. The Morgan fingerprint density at radius 3 is 2.35 bits per heavy atom. The van der Waals surface area contributed by atoms with Crippen molar-refractivity contribution in [2.45, 2.75) is 13.0 Å². The van der Waals surface area contributed by atoms with Crippen molar-refractivity contribution in [2.75, 3.05) is 18.5 Å². The van der Waals surface area contributed by atoms with Gasteiger partial charge in [-0.05, 0) is 60.5 Å². The third-order valence-electron chi connectivity index (χ3n) is 5.06. The van der Waals surface area contributed by atoms with Gasteiger partial charge >= 0.3 is 0 Å². The molecular weight excluding hydrogens is 524 g/mol.